The summed E-state index contributed by atoms with van der Waals surface area (Å²) in [5, 5.41) is 7.87. The van der Waals surface area contributed by atoms with Gasteiger partial charge in [-0.3, -0.25) is 9.59 Å². The topological polar surface area (TPSA) is 58.2 Å². The molecule has 122 valence electrons. The highest BCUT2D eigenvalue weighted by Gasteiger charge is 2.28. The molecule has 0 radical (unpaired) electrons. The van der Waals surface area contributed by atoms with Gasteiger partial charge in [-0.2, -0.15) is 0 Å². The van der Waals surface area contributed by atoms with Crippen molar-refractivity contribution in [1.82, 2.24) is 10.6 Å². The molecule has 5 heteroatoms. The Morgan fingerprint density at radius 3 is 2.68 bits per heavy atom. The maximum atomic E-state index is 12.5. The molecule has 1 aliphatic rings. The lowest BCUT2D eigenvalue weighted by molar-refractivity contribution is -0.125. The van der Waals surface area contributed by atoms with E-state index in [0.29, 0.717) is 10.8 Å². The fourth-order valence-electron chi connectivity index (χ4n) is 3.01. The van der Waals surface area contributed by atoms with Crippen molar-refractivity contribution in [1.29, 1.82) is 0 Å². The fraction of sp³-hybridized carbons (Fsp3) is 0.647. The summed E-state index contributed by atoms with van der Waals surface area (Å²) in [7, 11) is 0. The Balaban J connectivity index is 1.95. The van der Waals surface area contributed by atoms with E-state index in [-0.39, 0.29) is 23.8 Å². The van der Waals surface area contributed by atoms with Crippen LogP contribution in [0.1, 0.15) is 56.1 Å². The van der Waals surface area contributed by atoms with Crippen molar-refractivity contribution in [2.75, 3.05) is 0 Å². The van der Waals surface area contributed by atoms with Gasteiger partial charge < -0.3 is 10.6 Å². The van der Waals surface area contributed by atoms with E-state index >= 15 is 0 Å². The van der Waals surface area contributed by atoms with Gasteiger partial charge in [0.1, 0.15) is 6.04 Å². The molecule has 0 bridgehead atoms. The molecule has 2 N–H and O–H groups in total. The average Bonchev–Trinajstić information content (AvgIpc) is 2.98. The zero-order valence-corrected chi connectivity index (χ0v) is 14.4. The number of hydrogen-bond donors (Lipinski definition) is 2. The number of carbonyl (C=O) groups is 2. The molecule has 2 amide bonds. The fourth-order valence-corrected chi connectivity index (χ4v) is 3.64. The molecule has 1 aromatic rings. The van der Waals surface area contributed by atoms with Crippen LogP contribution in [0.15, 0.2) is 17.5 Å². The predicted molar refractivity (Wildman–Crippen MR) is 90.0 cm³/mol. The molecule has 0 saturated heterocycles. The molecule has 2 rings (SSSR count). The van der Waals surface area contributed by atoms with E-state index in [1.807, 2.05) is 25.3 Å². The monoisotopic (exact) mass is 322 g/mol. The van der Waals surface area contributed by atoms with Crippen molar-refractivity contribution in [2.45, 2.75) is 58.5 Å². The Kier molecular flexibility index (Phi) is 6.00. The number of carbonyl (C=O) groups excluding carboxylic acids is 2. The third-order valence-corrected chi connectivity index (χ3v) is 5.13. The molecule has 0 aromatic carbocycles. The number of thiophene rings is 1. The molecule has 1 heterocycles. The quantitative estimate of drug-likeness (QED) is 0.874. The van der Waals surface area contributed by atoms with Crippen molar-refractivity contribution in [3.8, 4) is 0 Å². The minimum absolute atomic E-state index is 0.0565. The maximum Gasteiger partial charge on any atom is 0.262 e. The number of nitrogens with one attached hydrogen (secondary N) is 2. The third kappa shape index (κ3) is 4.57. The van der Waals surface area contributed by atoms with Gasteiger partial charge in [-0.05, 0) is 36.1 Å². The smallest absolute Gasteiger partial charge is 0.262 e. The summed E-state index contributed by atoms with van der Waals surface area (Å²) >= 11 is 1.39. The molecule has 3 atom stereocenters. The summed E-state index contributed by atoms with van der Waals surface area (Å²) in [4.78, 5) is 25.4. The molecule has 4 nitrogen and oxygen atoms in total. The summed E-state index contributed by atoms with van der Waals surface area (Å²) in [5.41, 5.74) is 0. The molecule has 1 aromatic heterocycles. The second-order valence-electron chi connectivity index (χ2n) is 6.65. The molecule has 1 saturated carbocycles. The van der Waals surface area contributed by atoms with Gasteiger partial charge in [0.05, 0.1) is 4.88 Å². The van der Waals surface area contributed by atoms with Crippen LogP contribution in [0.25, 0.3) is 0 Å². The second-order valence-corrected chi connectivity index (χ2v) is 7.60. The van der Waals surface area contributed by atoms with E-state index in [4.69, 9.17) is 0 Å². The molecule has 1 fully saturated rings. The SMILES string of the molecule is CC1CCCC(NC(=O)C(NC(=O)c2cccs2)C(C)C)C1. The first kappa shape index (κ1) is 17.0. The first-order valence-corrected chi connectivity index (χ1v) is 9.00. The van der Waals surface area contributed by atoms with Gasteiger partial charge in [-0.1, -0.05) is 39.7 Å². The van der Waals surface area contributed by atoms with Crippen LogP contribution in [0.5, 0.6) is 0 Å². The van der Waals surface area contributed by atoms with Gasteiger partial charge in [0.25, 0.3) is 5.91 Å². The van der Waals surface area contributed by atoms with E-state index in [1.165, 1.54) is 24.2 Å². The Morgan fingerprint density at radius 1 is 1.32 bits per heavy atom. The van der Waals surface area contributed by atoms with Crippen molar-refractivity contribution in [3.05, 3.63) is 22.4 Å². The minimum atomic E-state index is -0.480. The van der Waals surface area contributed by atoms with Crippen LogP contribution in [0.3, 0.4) is 0 Å². The summed E-state index contributed by atoms with van der Waals surface area (Å²) in [6, 6.07) is 3.38. The normalized spacial score (nSPS) is 23.1. The van der Waals surface area contributed by atoms with Crippen LogP contribution in [0.4, 0.5) is 0 Å². The molecule has 3 unspecified atom stereocenters. The van der Waals surface area contributed by atoms with Crippen LogP contribution in [0, 0.1) is 11.8 Å². The van der Waals surface area contributed by atoms with Crippen LogP contribution in [-0.4, -0.2) is 23.9 Å². The van der Waals surface area contributed by atoms with E-state index in [0.717, 1.165) is 12.8 Å². The molecular formula is C17H26N2O2S. The van der Waals surface area contributed by atoms with Gasteiger partial charge in [0.2, 0.25) is 5.91 Å². The minimum Gasteiger partial charge on any atom is -0.352 e. The average molecular weight is 322 g/mol. The Labute approximate surface area is 136 Å². The van der Waals surface area contributed by atoms with E-state index < -0.39 is 6.04 Å². The van der Waals surface area contributed by atoms with E-state index in [2.05, 4.69) is 17.6 Å². The van der Waals surface area contributed by atoms with Crippen LogP contribution < -0.4 is 10.6 Å². The van der Waals surface area contributed by atoms with Gasteiger partial charge in [-0.15, -0.1) is 11.3 Å². The summed E-state index contributed by atoms with van der Waals surface area (Å²) in [5.74, 6) is 0.502. The molecule has 0 aliphatic heterocycles. The zero-order chi connectivity index (χ0) is 16.1. The highest BCUT2D eigenvalue weighted by molar-refractivity contribution is 7.12. The van der Waals surface area contributed by atoms with Gasteiger partial charge in [-0.25, -0.2) is 0 Å². The molecule has 22 heavy (non-hydrogen) atoms. The maximum absolute atomic E-state index is 12.5. The van der Waals surface area contributed by atoms with Crippen LogP contribution in [-0.2, 0) is 4.79 Å². The Hall–Kier alpha value is -1.36. The zero-order valence-electron chi connectivity index (χ0n) is 13.6. The molecule has 1 aliphatic carbocycles. The number of rotatable bonds is 5. The van der Waals surface area contributed by atoms with Crippen LogP contribution in [0.2, 0.25) is 0 Å². The van der Waals surface area contributed by atoms with Crippen molar-refractivity contribution < 1.29 is 9.59 Å². The largest absolute Gasteiger partial charge is 0.352 e. The van der Waals surface area contributed by atoms with Gasteiger partial charge in [0, 0.05) is 6.04 Å². The Bertz CT molecular complexity index is 499. The van der Waals surface area contributed by atoms with Crippen molar-refractivity contribution >= 4 is 23.2 Å². The summed E-state index contributed by atoms with van der Waals surface area (Å²) in [6.07, 6.45) is 4.49. The molecular weight excluding hydrogens is 296 g/mol. The van der Waals surface area contributed by atoms with E-state index in [9.17, 15) is 9.59 Å². The van der Waals surface area contributed by atoms with Gasteiger partial charge >= 0.3 is 0 Å². The lowest BCUT2D eigenvalue weighted by Crippen LogP contribution is -2.52. The first-order chi connectivity index (χ1) is 10.5. The van der Waals surface area contributed by atoms with Crippen LogP contribution >= 0.6 is 11.3 Å². The first-order valence-electron chi connectivity index (χ1n) is 8.12. The van der Waals surface area contributed by atoms with Crippen molar-refractivity contribution in [2.24, 2.45) is 11.8 Å². The number of amides is 2. The lowest BCUT2D eigenvalue weighted by atomic mass is 9.87. The van der Waals surface area contributed by atoms with E-state index in [1.54, 1.807) is 6.07 Å². The highest BCUT2D eigenvalue weighted by Crippen LogP contribution is 2.23. The molecule has 0 spiro atoms. The number of hydrogen-bond acceptors (Lipinski definition) is 3. The third-order valence-electron chi connectivity index (χ3n) is 4.26. The lowest BCUT2D eigenvalue weighted by Gasteiger charge is -2.30. The standard InChI is InChI=1S/C17H26N2O2S/c1-11(2)15(19-16(20)14-8-5-9-22-14)17(21)18-13-7-4-6-12(3)10-13/h5,8-9,11-13,15H,4,6-7,10H2,1-3H3,(H,18,21)(H,19,20). The second kappa shape index (κ2) is 7.77. The highest BCUT2D eigenvalue weighted by atomic mass is 32.1. The summed E-state index contributed by atoms with van der Waals surface area (Å²) in [6.45, 7) is 6.15. The van der Waals surface area contributed by atoms with Crippen molar-refractivity contribution in [3.63, 3.8) is 0 Å². The Morgan fingerprint density at radius 2 is 2.09 bits per heavy atom. The van der Waals surface area contributed by atoms with Gasteiger partial charge in [0.15, 0.2) is 0 Å². The summed E-state index contributed by atoms with van der Waals surface area (Å²) < 4.78 is 0. The predicted octanol–water partition coefficient (Wildman–Crippen LogP) is 3.20.